The molecule has 30 heavy (non-hydrogen) atoms. The fraction of sp³-hybridized carbons (Fsp3) is 0. The van der Waals surface area contributed by atoms with Gasteiger partial charge in [0, 0.05) is 22.3 Å². The van der Waals surface area contributed by atoms with Crippen LogP contribution in [0.2, 0.25) is 5.02 Å². The second-order valence-electron chi connectivity index (χ2n) is 6.07. The Morgan fingerprint density at radius 2 is 1.70 bits per heavy atom. The van der Waals surface area contributed by atoms with Crippen molar-refractivity contribution >= 4 is 57.2 Å². The van der Waals surface area contributed by atoms with Crippen LogP contribution in [0.25, 0.3) is 22.4 Å². The molecule has 0 aliphatic carbocycles. The van der Waals surface area contributed by atoms with Gasteiger partial charge in [0.05, 0.1) is 5.03 Å². The van der Waals surface area contributed by atoms with Gasteiger partial charge in [0.15, 0.2) is 5.01 Å². The van der Waals surface area contributed by atoms with E-state index in [0.717, 1.165) is 16.9 Å². The summed E-state index contributed by atoms with van der Waals surface area (Å²) < 4.78 is 18.8. The maximum absolute atomic E-state index is 13.1. The van der Waals surface area contributed by atoms with Gasteiger partial charge in [-0.05, 0) is 60.7 Å². The van der Waals surface area contributed by atoms with Crippen molar-refractivity contribution in [1.29, 1.82) is 0 Å². The molecule has 1 amide bonds. The molecule has 0 spiro atoms. The largest absolute Gasteiger partial charge is 0.457 e. The number of carbonyl (C=O) groups excluding carboxylic acids is 1. The lowest BCUT2D eigenvalue weighted by atomic mass is 10.2. The van der Waals surface area contributed by atoms with E-state index in [4.69, 9.17) is 27.6 Å². The second kappa shape index (κ2) is 8.79. The zero-order valence-corrected chi connectivity index (χ0v) is 17.4. The molecule has 0 atom stereocenters. The summed E-state index contributed by atoms with van der Waals surface area (Å²) in [6, 6.07) is 16.2. The summed E-state index contributed by atoms with van der Waals surface area (Å²) in [5.74, 6) is 0.343. The smallest absolute Gasteiger partial charge is 0.286 e. The van der Waals surface area contributed by atoms with Crippen molar-refractivity contribution in [2.24, 2.45) is 0 Å². The van der Waals surface area contributed by atoms with E-state index in [-0.39, 0.29) is 15.9 Å². The third kappa shape index (κ3) is 4.76. The van der Waals surface area contributed by atoms with Crippen LogP contribution in [-0.4, -0.2) is 16.1 Å². The number of furan rings is 1. The first-order valence-electron chi connectivity index (χ1n) is 8.62. The predicted molar refractivity (Wildman–Crippen MR) is 117 cm³/mol. The third-order valence-corrected chi connectivity index (χ3v) is 5.56. The highest BCUT2D eigenvalue weighted by molar-refractivity contribution is 7.15. The number of nitrogens with zero attached hydrogens (tertiary/aromatic N) is 2. The molecule has 2 aromatic heterocycles. The van der Waals surface area contributed by atoms with Crippen molar-refractivity contribution in [2.45, 2.75) is 0 Å². The molecule has 2 aromatic carbocycles. The van der Waals surface area contributed by atoms with Crippen LogP contribution < -0.4 is 5.32 Å². The Hall–Kier alpha value is -3.00. The van der Waals surface area contributed by atoms with Crippen molar-refractivity contribution in [3.8, 4) is 11.3 Å². The minimum Gasteiger partial charge on any atom is -0.457 e. The molecule has 0 radical (unpaired) electrons. The van der Waals surface area contributed by atoms with Crippen LogP contribution in [0.3, 0.4) is 0 Å². The zero-order chi connectivity index (χ0) is 21.1. The molecule has 0 saturated carbocycles. The van der Waals surface area contributed by atoms with E-state index >= 15 is 0 Å². The minimum absolute atomic E-state index is 0.165. The van der Waals surface area contributed by atoms with E-state index in [0.29, 0.717) is 27.2 Å². The normalized spacial score (nSPS) is 11.5. The van der Waals surface area contributed by atoms with Gasteiger partial charge in [-0.2, -0.15) is 0 Å². The van der Waals surface area contributed by atoms with Gasteiger partial charge in [0.1, 0.15) is 17.3 Å². The highest BCUT2D eigenvalue weighted by Gasteiger charge is 2.15. The summed E-state index contributed by atoms with van der Waals surface area (Å²) in [7, 11) is 0. The topological polar surface area (TPSA) is 68.0 Å². The fourth-order valence-corrected chi connectivity index (χ4v) is 3.55. The Morgan fingerprint density at radius 1 is 1.00 bits per heavy atom. The number of carbonyl (C=O) groups is 1. The van der Waals surface area contributed by atoms with Gasteiger partial charge < -0.3 is 9.73 Å². The van der Waals surface area contributed by atoms with E-state index < -0.39 is 5.91 Å². The first kappa shape index (κ1) is 20.3. The number of anilines is 1. The Balaban J connectivity index is 1.47. The SMILES string of the molecule is O=C(Nc1ccc(Cl)cc1)c1nnc(C(Cl)=Cc2ccc(-c3ccc(F)cc3)o2)s1. The highest BCUT2D eigenvalue weighted by atomic mass is 35.5. The number of nitrogens with one attached hydrogen (secondary N) is 1. The molecule has 1 N–H and O–H groups in total. The lowest BCUT2D eigenvalue weighted by Gasteiger charge is -2.01. The lowest BCUT2D eigenvalue weighted by Crippen LogP contribution is -2.11. The fourth-order valence-electron chi connectivity index (χ4n) is 2.52. The van der Waals surface area contributed by atoms with Crippen LogP contribution in [0, 0.1) is 5.82 Å². The molecule has 0 saturated heterocycles. The summed E-state index contributed by atoms with van der Waals surface area (Å²) in [4.78, 5) is 12.3. The van der Waals surface area contributed by atoms with Crippen molar-refractivity contribution in [1.82, 2.24) is 10.2 Å². The molecular formula is C21H12Cl2FN3O2S. The Morgan fingerprint density at radius 3 is 2.43 bits per heavy atom. The van der Waals surface area contributed by atoms with Gasteiger partial charge in [-0.15, -0.1) is 10.2 Å². The van der Waals surface area contributed by atoms with Crippen LogP contribution in [0.15, 0.2) is 65.1 Å². The van der Waals surface area contributed by atoms with Crippen LogP contribution in [0.4, 0.5) is 10.1 Å². The van der Waals surface area contributed by atoms with Crippen molar-refractivity contribution < 1.29 is 13.6 Å². The summed E-state index contributed by atoms with van der Waals surface area (Å²) in [6.07, 6.45) is 1.58. The molecule has 0 unspecified atom stereocenters. The van der Waals surface area contributed by atoms with Gasteiger partial charge >= 0.3 is 0 Å². The van der Waals surface area contributed by atoms with Crippen LogP contribution in [-0.2, 0) is 0 Å². The molecule has 0 aliphatic heterocycles. The van der Waals surface area contributed by atoms with Gasteiger partial charge in [-0.1, -0.05) is 34.5 Å². The third-order valence-electron chi connectivity index (χ3n) is 3.95. The number of rotatable bonds is 5. The molecule has 0 fully saturated rings. The summed E-state index contributed by atoms with van der Waals surface area (Å²) >= 11 is 13.2. The molecular weight excluding hydrogens is 448 g/mol. The Kier molecular flexibility index (Phi) is 5.94. The molecule has 4 aromatic rings. The van der Waals surface area contributed by atoms with Crippen LogP contribution in [0.1, 0.15) is 20.6 Å². The van der Waals surface area contributed by atoms with E-state index in [1.54, 1.807) is 54.6 Å². The number of hydrogen-bond donors (Lipinski definition) is 1. The maximum Gasteiger partial charge on any atom is 0.286 e. The molecule has 5 nitrogen and oxygen atoms in total. The first-order valence-corrected chi connectivity index (χ1v) is 10.2. The van der Waals surface area contributed by atoms with Crippen LogP contribution in [0.5, 0.6) is 0 Å². The number of hydrogen-bond acceptors (Lipinski definition) is 5. The number of aromatic nitrogens is 2. The quantitative estimate of drug-likeness (QED) is 0.365. The average molecular weight is 460 g/mol. The van der Waals surface area contributed by atoms with Gasteiger partial charge in [0.25, 0.3) is 5.91 Å². The predicted octanol–water partition coefficient (Wildman–Crippen LogP) is 6.58. The van der Waals surface area contributed by atoms with Gasteiger partial charge in [-0.25, -0.2) is 4.39 Å². The van der Waals surface area contributed by atoms with Crippen molar-refractivity contribution in [3.63, 3.8) is 0 Å². The first-order chi connectivity index (χ1) is 14.5. The summed E-state index contributed by atoms with van der Waals surface area (Å²) in [5, 5.41) is 12.0. The van der Waals surface area contributed by atoms with Crippen LogP contribution >= 0.6 is 34.5 Å². The summed E-state index contributed by atoms with van der Waals surface area (Å²) in [5.41, 5.74) is 1.33. The summed E-state index contributed by atoms with van der Waals surface area (Å²) in [6.45, 7) is 0. The molecule has 0 bridgehead atoms. The van der Waals surface area contributed by atoms with Gasteiger partial charge in [0.2, 0.25) is 5.01 Å². The highest BCUT2D eigenvalue weighted by Crippen LogP contribution is 2.29. The monoisotopic (exact) mass is 459 g/mol. The Bertz CT molecular complexity index is 1220. The van der Waals surface area contributed by atoms with E-state index in [2.05, 4.69) is 15.5 Å². The minimum atomic E-state index is -0.401. The molecule has 150 valence electrons. The molecule has 2 heterocycles. The van der Waals surface area contributed by atoms with Crippen molar-refractivity contribution in [3.05, 3.63) is 87.3 Å². The lowest BCUT2D eigenvalue weighted by molar-refractivity contribution is 0.102. The average Bonchev–Trinajstić information content (AvgIpc) is 3.40. The van der Waals surface area contributed by atoms with Crippen molar-refractivity contribution in [2.75, 3.05) is 5.32 Å². The van der Waals surface area contributed by atoms with E-state index in [9.17, 15) is 9.18 Å². The molecule has 4 rings (SSSR count). The zero-order valence-electron chi connectivity index (χ0n) is 15.1. The number of amides is 1. The maximum atomic E-state index is 13.1. The molecule has 9 heteroatoms. The number of halogens is 3. The Labute approximate surface area is 184 Å². The second-order valence-corrected chi connectivity index (χ2v) is 7.90. The number of benzene rings is 2. The van der Waals surface area contributed by atoms with Gasteiger partial charge in [-0.3, -0.25) is 4.79 Å². The van der Waals surface area contributed by atoms with E-state index in [1.807, 2.05) is 0 Å². The molecule has 0 aliphatic rings. The standard InChI is InChI=1S/C21H12Cl2FN3O2S/c22-13-3-7-15(8-4-13)25-19(28)21-27-26-20(30-21)17(23)11-16-9-10-18(29-16)12-1-5-14(24)6-2-12/h1-11H,(H,25,28). The van der Waals surface area contributed by atoms with E-state index in [1.165, 1.54) is 12.1 Å².